The first-order chi connectivity index (χ1) is 23.4. The molecule has 9 nitrogen and oxygen atoms in total. The lowest BCUT2D eigenvalue weighted by Gasteiger charge is -2.25. The Balaban J connectivity index is 1.60. The molecule has 3 aromatic carbocycles. The average molecular weight is 838 g/mol. The van der Waals surface area contributed by atoms with E-state index in [1.165, 1.54) is 15.9 Å². The van der Waals surface area contributed by atoms with E-state index in [-0.39, 0.29) is 30.5 Å². The summed E-state index contributed by atoms with van der Waals surface area (Å²) in [7, 11) is 1.55. The van der Waals surface area contributed by atoms with Crippen molar-refractivity contribution in [3.05, 3.63) is 110 Å². The van der Waals surface area contributed by atoms with Crippen LogP contribution >= 0.6 is 57.1 Å². The van der Waals surface area contributed by atoms with Crippen LogP contribution in [0.15, 0.2) is 69.6 Å². The zero-order valence-corrected chi connectivity index (χ0v) is 32.3. The number of halogens is 3. The number of fused-ring (bicyclic) bond motifs is 1. The van der Waals surface area contributed by atoms with Crippen LogP contribution in [0.25, 0.3) is 6.08 Å². The highest BCUT2D eigenvalue weighted by Crippen LogP contribution is 2.38. The first kappa shape index (κ1) is 36.8. The van der Waals surface area contributed by atoms with Crippen LogP contribution in [0, 0.1) is 3.57 Å². The lowest BCUT2D eigenvalue weighted by Crippen LogP contribution is -2.40. The molecule has 49 heavy (non-hydrogen) atoms. The first-order valence-corrected chi connectivity index (χ1v) is 18.2. The Morgan fingerprint density at radius 1 is 1.04 bits per heavy atom. The molecule has 1 aliphatic rings. The van der Waals surface area contributed by atoms with E-state index in [1.807, 2.05) is 45.0 Å². The number of esters is 1. The summed E-state index contributed by atoms with van der Waals surface area (Å²) < 4.78 is 31.9. The Bertz CT molecular complexity index is 2110. The summed E-state index contributed by atoms with van der Waals surface area (Å²) in [5, 5.41) is 1.05. The monoisotopic (exact) mass is 836 g/mol. The Labute approximate surface area is 311 Å². The van der Waals surface area contributed by atoms with Gasteiger partial charge in [0, 0.05) is 15.6 Å². The summed E-state index contributed by atoms with van der Waals surface area (Å²) >= 11 is 15.8. The number of rotatable bonds is 12. The van der Waals surface area contributed by atoms with E-state index in [9.17, 15) is 9.59 Å². The Morgan fingerprint density at radius 3 is 2.49 bits per heavy atom. The second-order valence-corrected chi connectivity index (χ2v) is 14.2. The van der Waals surface area contributed by atoms with Crippen LogP contribution in [-0.4, -0.2) is 37.0 Å². The molecule has 4 aromatic rings. The van der Waals surface area contributed by atoms with Crippen molar-refractivity contribution in [1.29, 1.82) is 0 Å². The van der Waals surface area contributed by atoms with Crippen LogP contribution in [0.2, 0.25) is 10.0 Å². The van der Waals surface area contributed by atoms with Crippen molar-refractivity contribution in [2.45, 2.75) is 53.4 Å². The molecular weight excluding hydrogens is 802 g/mol. The highest BCUT2D eigenvalue weighted by molar-refractivity contribution is 14.1. The van der Waals surface area contributed by atoms with Gasteiger partial charge in [-0.1, -0.05) is 46.7 Å². The fourth-order valence-electron chi connectivity index (χ4n) is 5.33. The molecule has 1 aromatic heterocycles. The number of thiazole rings is 1. The van der Waals surface area contributed by atoms with Gasteiger partial charge >= 0.3 is 5.97 Å². The van der Waals surface area contributed by atoms with Gasteiger partial charge < -0.3 is 23.7 Å². The molecule has 1 aliphatic heterocycles. The molecule has 0 bridgehead atoms. The van der Waals surface area contributed by atoms with Crippen LogP contribution in [0.4, 0.5) is 0 Å². The molecule has 0 radical (unpaired) electrons. The van der Waals surface area contributed by atoms with Crippen molar-refractivity contribution in [1.82, 2.24) is 4.57 Å². The van der Waals surface area contributed by atoms with Gasteiger partial charge in [-0.3, -0.25) is 9.36 Å². The van der Waals surface area contributed by atoms with Crippen molar-refractivity contribution < 1.29 is 28.5 Å². The van der Waals surface area contributed by atoms with Crippen LogP contribution in [0.3, 0.4) is 0 Å². The van der Waals surface area contributed by atoms with Gasteiger partial charge in [0.1, 0.15) is 6.61 Å². The van der Waals surface area contributed by atoms with Gasteiger partial charge in [-0.25, -0.2) is 9.79 Å². The van der Waals surface area contributed by atoms with Crippen LogP contribution < -0.4 is 33.8 Å². The number of ether oxygens (including phenoxy) is 5. The zero-order chi connectivity index (χ0) is 35.4. The molecule has 0 N–H and O–H groups in total. The van der Waals surface area contributed by atoms with Crippen LogP contribution in [-0.2, 0) is 16.1 Å². The van der Waals surface area contributed by atoms with E-state index in [4.69, 9.17) is 51.9 Å². The van der Waals surface area contributed by atoms with Crippen molar-refractivity contribution in [3.63, 3.8) is 0 Å². The molecule has 13 heteroatoms. The molecule has 0 saturated carbocycles. The fourth-order valence-corrected chi connectivity index (χ4v) is 7.62. The van der Waals surface area contributed by atoms with Gasteiger partial charge in [0.05, 0.1) is 51.8 Å². The molecule has 5 rings (SSSR count). The van der Waals surface area contributed by atoms with Gasteiger partial charge in [0.2, 0.25) is 0 Å². The van der Waals surface area contributed by atoms with Gasteiger partial charge in [-0.15, -0.1) is 0 Å². The normalized spacial score (nSPS) is 14.4. The summed E-state index contributed by atoms with van der Waals surface area (Å²) in [6, 6.07) is 13.6. The van der Waals surface area contributed by atoms with Crippen molar-refractivity contribution in [3.8, 4) is 23.0 Å². The minimum absolute atomic E-state index is 0.0800. The Kier molecular flexibility index (Phi) is 12.0. The number of aromatic nitrogens is 1. The second kappa shape index (κ2) is 16.0. The number of hydrogen-bond donors (Lipinski definition) is 0. The summed E-state index contributed by atoms with van der Waals surface area (Å²) in [6.45, 7) is 10.00. The average Bonchev–Trinajstić information content (AvgIpc) is 3.34. The highest BCUT2D eigenvalue weighted by atomic mass is 127. The van der Waals surface area contributed by atoms with Crippen molar-refractivity contribution >= 4 is 69.2 Å². The molecule has 0 amide bonds. The van der Waals surface area contributed by atoms with E-state index >= 15 is 0 Å². The molecule has 0 saturated heterocycles. The molecule has 0 spiro atoms. The van der Waals surface area contributed by atoms with E-state index in [2.05, 4.69) is 22.6 Å². The van der Waals surface area contributed by atoms with E-state index < -0.39 is 12.0 Å². The number of carbonyl (C=O) groups excluding carboxylic acids is 1. The van der Waals surface area contributed by atoms with Crippen LogP contribution in [0.5, 0.6) is 23.0 Å². The van der Waals surface area contributed by atoms with Crippen molar-refractivity contribution in [2.24, 2.45) is 4.99 Å². The Hall–Kier alpha value is -3.52. The van der Waals surface area contributed by atoms with Crippen molar-refractivity contribution in [2.75, 3.05) is 20.3 Å². The third kappa shape index (κ3) is 8.11. The SMILES string of the molecule is CCOC(=O)C1=C(C)N=c2s/c(=C/c3cc(I)c(OCc4ccc(Cl)cc4Cl)c(OCC)c3)c(=O)n2[C@@H]1c1ccc(OC(C)C)c(OC)c1. The third-order valence-electron chi connectivity index (χ3n) is 7.40. The molecular formula is C36H35Cl2IN2O7S. The smallest absolute Gasteiger partial charge is 0.338 e. The zero-order valence-electron chi connectivity index (χ0n) is 27.8. The number of carbonyl (C=O) groups is 1. The molecule has 258 valence electrons. The van der Waals surface area contributed by atoms with E-state index in [0.717, 1.165) is 14.7 Å². The minimum atomic E-state index is -0.811. The van der Waals surface area contributed by atoms with Gasteiger partial charge in [0.15, 0.2) is 27.8 Å². The number of benzene rings is 3. The lowest BCUT2D eigenvalue weighted by atomic mass is 9.95. The minimum Gasteiger partial charge on any atom is -0.493 e. The highest BCUT2D eigenvalue weighted by Gasteiger charge is 2.34. The maximum atomic E-state index is 14.3. The molecule has 0 unspecified atom stereocenters. The predicted molar refractivity (Wildman–Crippen MR) is 200 cm³/mol. The standard InChI is InChI=1S/C36H35Cl2IN2O7S/c1-7-45-29-14-21(13-26(39)33(29)47-18-23-9-11-24(37)17-25(23)38)15-30-34(42)41-32(22-10-12-27(48-19(3)4)28(16-22)44-6)31(35(43)46-8-2)20(5)40-36(41)49-30/h9-17,19,32H,7-8,18H2,1-6H3/b30-15+/t32-/m1/s1. The van der Waals surface area contributed by atoms with Crippen LogP contribution in [0.1, 0.15) is 57.4 Å². The summed E-state index contributed by atoms with van der Waals surface area (Å²) in [5.41, 5.74) is 2.58. The summed E-state index contributed by atoms with van der Waals surface area (Å²) in [5.74, 6) is 1.56. The predicted octanol–water partition coefficient (Wildman–Crippen LogP) is 7.48. The largest absolute Gasteiger partial charge is 0.493 e. The maximum absolute atomic E-state index is 14.3. The molecule has 2 heterocycles. The quantitative estimate of drug-likeness (QED) is 0.108. The first-order valence-electron chi connectivity index (χ1n) is 15.5. The number of nitrogens with zero attached hydrogens (tertiary/aromatic N) is 2. The molecule has 0 fully saturated rings. The van der Waals surface area contributed by atoms with E-state index in [0.29, 0.717) is 60.2 Å². The topological polar surface area (TPSA) is 97.6 Å². The number of allylic oxidation sites excluding steroid dienone is 1. The lowest BCUT2D eigenvalue weighted by molar-refractivity contribution is -0.139. The van der Waals surface area contributed by atoms with E-state index in [1.54, 1.807) is 51.3 Å². The molecule has 0 aliphatic carbocycles. The van der Waals surface area contributed by atoms with Gasteiger partial charge in [-0.2, -0.15) is 0 Å². The second-order valence-electron chi connectivity index (χ2n) is 11.2. The molecule has 1 atom stereocenters. The number of hydrogen-bond acceptors (Lipinski definition) is 9. The van der Waals surface area contributed by atoms with Gasteiger partial charge in [-0.05, 0) is 111 Å². The third-order valence-corrected chi connectivity index (χ3v) is 9.77. The fraction of sp³-hybridized carbons (Fsp3) is 0.306. The van der Waals surface area contributed by atoms with Gasteiger partial charge in [0.25, 0.3) is 5.56 Å². The Morgan fingerprint density at radius 2 is 1.82 bits per heavy atom. The maximum Gasteiger partial charge on any atom is 0.338 e. The summed E-state index contributed by atoms with van der Waals surface area (Å²) in [6.07, 6.45) is 1.71. The number of methoxy groups -OCH3 is 1. The summed E-state index contributed by atoms with van der Waals surface area (Å²) in [4.78, 5) is 32.8.